The molecule has 4 rings (SSSR count). The number of benzene rings is 2. The van der Waals surface area contributed by atoms with Crippen molar-refractivity contribution in [2.24, 2.45) is 0 Å². The summed E-state index contributed by atoms with van der Waals surface area (Å²) in [6.45, 7) is 0.757. The summed E-state index contributed by atoms with van der Waals surface area (Å²) in [4.78, 5) is 3.57. The Bertz CT molecular complexity index is 1060. The van der Waals surface area contributed by atoms with Crippen molar-refractivity contribution in [3.63, 3.8) is 0 Å². The van der Waals surface area contributed by atoms with E-state index in [1.165, 1.54) is 10.4 Å². The largest absolute Gasteiger partial charge is 0.497 e. The Morgan fingerprint density at radius 1 is 1.20 bits per heavy atom. The molecule has 0 radical (unpaired) electrons. The molecule has 2 heterocycles. The van der Waals surface area contributed by atoms with Crippen molar-refractivity contribution >= 4 is 32.5 Å². The maximum Gasteiger partial charge on any atom is 0.243 e. The molecule has 0 saturated carbocycles. The quantitative estimate of drug-likeness (QED) is 0.760. The lowest BCUT2D eigenvalue weighted by atomic mass is 10.0. The van der Waals surface area contributed by atoms with Gasteiger partial charge in [-0.2, -0.15) is 4.31 Å². The summed E-state index contributed by atoms with van der Waals surface area (Å²) in [5.74, 6) is 0.795. The molecule has 0 spiro atoms. The van der Waals surface area contributed by atoms with E-state index >= 15 is 0 Å². The summed E-state index contributed by atoms with van der Waals surface area (Å²) in [7, 11) is -1.93. The van der Waals surface area contributed by atoms with Gasteiger partial charge in [0.15, 0.2) is 0 Å². The Balaban J connectivity index is 1.71. The van der Waals surface area contributed by atoms with Crippen LogP contribution in [0.25, 0.3) is 10.9 Å². The van der Waals surface area contributed by atoms with Gasteiger partial charge in [-0.25, -0.2) is 8.42 Å². The van der Waals surface area contributed by atoms with Crippen LogP contribution in [-0.2, 0) is 23.0 Å². The molecule has 5 nitrogen and oxygen atoms in total. The van der Waals surface area contributed by atoms with Crippen molar-refractivity contribution in [3.8, 4) is 5.75 Å². The zero-order valence-corrected chi connectivity index (χ0v) is 15.2. The van der Waals surface area contributed by atoms with Crippen LogP contribution in [0.5, 0.6) is 5.75 Å². The van der Waals surface area contributed by atoms with Gasteiger partial charge in [0.25, 0.3) is 0 Å². The van der Waals surface area contributed by atoms with Gasteiger partial charge in [-0.05, 0) is 48.4 Å². The molecular weight excluding hydrogens is 360 g/mol. The van der Waals surface area contributed by atoms with Gasteiger partial charge in [0.1, 0.15) is 5.75 Å². The normalized spacial score (nSPS) is 15.3. The Hall–Kier alpha value is -2.02. The molecule has 1 N–H and O–H groups in total. The third kappa shape index (κ3) is 2.80. The lowest BCUT2D eigenvalue weighted by Crippen LogP contribution is -2.35. The van der Waals surface area contributed by atoms with E-state index in [0.717, 1.165) is 27.9 Å². The number of nitrogens with zero attached hydrogens (tertiary/aromatic N) is 1. The Kier molecular flexibility index (Phi) is 3.98. The average Bonchev–Trinajstić information content (AvgIpc) is 2.98. The first-order chi connectivity index (χ1) is 12.0. The molecule has 0 saturated heterocycles. The van der Waals surface area contributed by atoms with Gasteiger partial charge in [0.2, 0.25) is 10.0 Å². The minimum atomic E-state index is -3.57. The molecular formula is C18H17ClN2O3S. The molecule has 1 aromatic heterocycles. The molecule has 2 aromatic carbocycles. The predicted octanol–water partition coefficient (Wildman–Crippen LogP) is 3.58. The molecule has 0 amide bonds. The number of ether oxygens (including phenoxy) is 1. The fraction of sp³-hybridized carbons (Fsp3) is 0.222. The number of halogens is 1. The van der Waals surface area contributed by atoms with E-state index in [1.54, 1.807) is 25.3 Å². The van der Waals surface area contributed by atoms with Crippen LogP contribution < -0.4 is 4.74 Å². The molecule has 1 aliphatic rings. The first kappa shape index (κ1) is 16.4. The van der Waals surface area contributed by atoms with Crippen molar-refractivity contribution in [1.82, 2.24) is 9.29 Å². The van der Waals surface area contributed by atoms with Crippen molar-refractivity contribution in [3.05, 3.63) is 58.7 Å². The number of H-pyrrole nitrogens is 1. The van der Waals surface area contributed by atoms with Crippen LogP contribution in [0.15, 0.2) is 47.4 Å². The van der Waals surface area contributed by atoms with Gasteiger partial charge in [-0.3, -0.25) is 0 Å². The minimum Gasteiger partial charge on any atom is -0.497 e. The number of fused-ring (bicyclic) bond motifs is 3. The highest BCUT2D eigenvalue weighted by Crippen LogP contribution is 2.32. The van der Waals surface area contributed by atoms with E-state index in [1.807, 2.05) is 18.2 Å². The van der Waals surface area contributed by atoms with E-state index in [4.69, 9.17) is 16.3 Å². The number of methoxy groups -OCH3 is 1. The van der Waals surface area contributed by atoms with Crippen molar-refractivity contribution in [1.29, 1.82) is 0 Å². The number of rotatable bonds is 3. The average molecular weight is 377 g/mol. The molecule has 0 atom stereocenters. The van der Waals surface area contributed by atoms with Crippen molar-refractivity contribution in [2.45, 2.75) is 17.9 Å². The Morgan fingerprint density at radius 3 is 2.80 bits per heavy atom. The number of hydrogen-bond acceptors (Lipinski definition) is 3. The van der Waals surface area contributed by atoms with Gasteiger partial charge in [-0.15, -0.1) is 0 Å². The summed E-state index contributed by atoms with van der Waals surface area (Å²) < 4.78 is 32.6. The molecule has 1 aliphatic heterocycles. The van der Waals surface area contributed by atoms with E-state index < -0.39 is 10.0 Å². The Morgan fingerprint density at radius 2 is 2.04 bits per heavy atom. The van der Waals surface area contributed by atoms with Crippen LogP contribution in [0.1, 0.15) is 11.3 Å². The molecule has 0 unspecified atom stereocenters. The Labute approximate surface area is 151 Å². The first-order valence-corrected chi connectivity index (χ1v) is 9.74. The maximum absolute atomic E-state index is 12.9. The van der Waals surface area contributed by atoms with Gasteiger partial charge < -0.3 is 9.72 Å². The third-order valence-corrected chi connectivity index (χ3v) is 6.66. The molecule has 3 aromatic rings. The fourth-order valence-electron chi connectivity index (χ4n) is 3.30. The van der Waals surface area contributed by atoms with Crippen LogP contribution in [0, 0.1) is 0 Å². The standard InChI is InChI=1S/C18H17ClN2O3S/c1-24-13-5-6-17-16(10-13)15-7-8-21(11-18(15)20-17)25(22,23)14-4-2-3-12(19)9-14/h2-6,9-10,20H,7-8,11H2,1H3. The predicted molar refractivity (Wildman–Crippen MR) is 97.6 cm³/mol. The van der Waals surface area contributed by atoms with Crippen LogP contribution >= 0.6 is 11.6 Å². The van der Waals surface area contributed by atoms with E-state index in [-0.39, 0.29) is 4.90 Å². The second kappa shape index (κ2) is 6.05. The SMILES string of the molecule is COc1ccc2[nH]c3c(c2c1)CCN(S(=O)(=O)c1cccc(Cl)c1)C3. The fourth-order valence-corrected chi connectivity index (χ4v) is 5.01. The zero-order chi connectivity index (χ0) is 17.6. The van der Waals surface area contributed by atoms with E-state index in [9.17, 15) is 8.42 Å². The monoisotopic (exact) mass is 376 g/mol. The number of aromatic amines is 1. The smallest absolute Gasteiger partial charge is 0.243 e. The third-order valence-electron chi connectivity index (χ3n) is 4.58. The lowest BCUT2D eigenvalue weighted by molar-refractivity contribution is 0.388. The molecule has 25 heavy (non-hydrogen) atoms. The molecule has 130 valence electrons. The summed E-state index contributed by atoms with van der Waals surface area (Å²) >= 11 is 5.95. The van der Waals surface area contributed by atoms with Crippen molar-refractivity contribution < 1.29 is 13.2 Å². The lowest BCUT2D eigenvalue weighted by Gasteiger charge is -2.26. The number of sulfonamides is 1. The summed E-state index contributed by atoms with van der Waals surface area (Å²) in [5, 5.41) is 1.51. The minimum absolute atomic E-state index is 0.223. The highest BCUT2D eigenvalue weighted by Gasteiger charge is 2.30. The number of nitrogens with one attached hydrogen (secondary N) is 1. The van der Waals surface area contributed by atoms with Crippen LogP contribution in [-0.4, -0.2) is 31.4 Å². The van der Waals surface area contributed by atoms with Gasteiger partial charge in [-0.1, -0.05) is 17.7 Å². The van der Waals surface area contributed by atoms with Crippen LogP contribution in [0.4, 0.5) is 0 Å². The first-order valence-electron chi connectivity index (χ1n) is 7.92. The zero-order valence-electron chi connectivity index (χ0n) is 13.6. The van der Waals surface area contributed by atoms with Crippen molar-refractivity contribution in [2.75, 3.05) is 13.7 Å². The second-order valence-corrected chi connectivity index (χ2v) is 8.41. The highest BCUT2D eigenvalue weighted by molar-refractivity contribution is 7.89. The number of aromatic nitrogens is 1. The van der Waals surface area contributed by atoms with Crippen LogP contribution in [0.2, 0.25) is 5.02 Å². The van der Waals surface area contributed by atoms with Gasteiger partial charge in [0, 0.05) is 28.2 Å². The summed E-state index contributed by atoms with van der Waals surface area (Å²) in [6, 6.07) is 12.2. The van der Waals surface area contributed by atoms with Gasteiger partial charge in [0.05, 0.1) is 18.6 Å². The molecule has 0 fully saturated rings. The summed E-state index contributed by atoms with van der Waals surface area (Å²) in [6.07, 6.45) is 0.655. The van der Waals surface area contributed by atoms with E-state index in [0.29, 0.717) is 24.5 Å². The molecule has 0 aliphatic carbocycles. The maximum atomic E-state index is 12.9. The summed E-state index contributed by atoms with van der Waals surface area (Å²) in [5.41, 5.74) is 3.08. The van der Waals surface area contributed by atoms with Crippen LogP contribution in [0.3, 0.4) is 0 Å². The number of hydrogen-bond donors (Lipinski definition) is 1. The second-order valence-electron chi connectivity index (χ2n) is 6.04. The highest BCUT2D eigenvalue weighted by atomic mass is 35.5. The molecule has 0 bridgehead atoms. The molecule has 7 heteroatoms. The van der Waals surface area contributed by atoms with E-state index in [2.05, 4.69) is 4.98 Å². The topological polar surface area (TPSA) is 62.4 Å². The van der Waals surface area contributed by atoms with Gasteiger partial charge >= 0.3 is 0 Å².